The smallest absolute Gasteiger partial charge is 0.309 e. The minimum Gasteiger partial charge on any atom is -0.457 e. The Morgan fingerprint density at radius 3 is 2.57 bits per heavy atom. The number of oxazole rings is 1. The molecule has 0 fully saturated rings. The van der Waals surface area contributed by atoms with Gasteiger partial charge in [-0.05, 0) is 52.2 Å². The summed E-state index contributed by atoms with van der Waals surface area (Å²) in [6, 6.07) is 0. The van der Waals surface area contributed by atoms with E-state index in [-0.39, 0.29) is 12.2 Å². The zero-order valence-corrected chi connectivity index (χ0v) is 23.2. The maximum absolute atomic E-state index is 13.6. The Balaban J connectivity index is 2.38. The van der Waals surface area contributed by atoms with E-state index in [1.807, 2.05) is 39.0 Å². The second kappa shape index (κ2) is 13.8. The van der Waals surface area contributed by atoms with Gasteiger partial charge in [-0.1, -0.05) is 37.6 Å². The summed E-state index contributed by atoms with van der Waals surface area (Å²) in [5.41, 5.74) is 1.15. The van der Waals surface area contributed by atoms with Gasteiger partial charge in [-0.2, -0.15) is 0 Å². The van der Waals surface area contributed by atoms with Crippen molar-refractivity contribution in [2.75, 3.05) is 6.61 Å². The number of aliphatic hydroxyl groups excluding tert-OH is 2. The number of ketones is 1. The highest BCUT2D eigenvalue weighted by atomic mass is 16.5. The fourth-order valence-electron chi connectivity index (χ4n) is 4.29. The molecule has 0 bridgehead atoms. The minimum absolute atomic E-state index is 0.303. The number of rotatable bonds is 4. The van der Waals surface area contributed by atoms with Crippen LogP contribution < -0.4 is 0 Å². The Kier molecular flexibility index (Phi) is 11.5. The van der Waals surface area contributed by atoms with Gasteiger partial charge < -0.3 is 24.1 Å². The standard InChI is InChI=1S/C29H43NO7/c1-8-9-10-23-27(33)20(4)35-14-13-18(2)11-12-24(19(3)15-22-17-36-21(5)30-22)37-26(32)16-25(31)29(6,7)28(23)34/h8-9,11,15,17,20,23-25,27,31,33H,10,12-14,16H2,1-7H3/b9-8+,18-11-,19-15+/t20-,23-,24+,25+,27-/m1/s1. The molecule has 1 aliphatic heterocycles. The fourth-order valence-corrected chi connectivity index (χ4v) is 4.29. The van der Waals surface area contributed by atoms with Gasteiger partial charge in [0.1, 0.15) is 23.8 Å². The SMILES string of the molecule is C/C=C/C[C@H]1C(=O)C(C)(C)[C@@H](O)CC(=O)O[C@H](/C(C)=C/c2coc(C)n2)C/C=C(/C)CCO[C@H](C)[C@H]1O. The zero-order valence-electron chi connectivity index (χ0n) is 23.2. The van der Waals surface area contributed by atoms with Gasteiger partial charge in [0.15, 0.2) is 5.89 Å². The molecule has 1 aliphatic rings. The van der Waals surface area contributed by atoms with E-state index in [9.17, 15) is 19.8 Å². The summed E-state index contributed by atoms with van der Waals surface area (Å²) >= 11 is 0. The topological polar surface area (TPSA) is 119 Å². The van der Waals surface area contributed by atoms with Crippen LogP contribution in [-0.2, 0) is 19.1 Å². The van der Waals surface area contributed by atoms with Crippen LogP contribution in [-0.4, -0.2) is 58.0 Å². The Labute approximate surface area is 220 Å². The summed E-state index contributed by atoms with van der Waals surface area (Å²) in [7, 11) is 0. The zero-order chi connectivity index (χ0) is 27.8. The number of esters is 1. The summed E-state index contributed by atoms with van der Waals surface area (Å²) in [6.45, 7) is 12.7. The largest absolute Gasteiger partial charge is 0.457 e. The first-order valence-electron chi connectivity index (χ1n) is 12.9. The molecule has 1 aromatic rings. The van der Waals surface area contributed by atoms with Crippen LogP contribution in [0.4, 0.5) is 0 Å². The average Bonchev–Trinajstić information content (AvgIpc) is 3.24. The van der Waals surface area contributed by atoms with E-state index in [1.165, 1.54) is 6.26 Å². The van der Waals surface area contributed by atoms with Crippen LogP contribution >= 0.6 is 0 Å². The van der Waals surface area contributed by atoms with E-state index >= 15 is 0 Å². The third-order valence-electron chi connectivity index (χ3n) is 7.04. The first kappa shape index (κ1) is 30.7. The van der Waals surface area contributed by atoms with Crippen LogP contribution in [0.5, 0.6) is 0 Å². The average molecular weight is 518 g/mol. The molecule has 206 valence electrons. The molecule has 37 heavy (non-hydrogen) atoms. The Hall–Kier alpha value is -2.55. The highest BCUT2D eigenvalue weighted by Gasteiger charge is 2.44. The quantitative estimate of drug-likeness (QED) is 0.434. The van der Waals surface area contributed by atoms with Gasteiger partial charge in [0.2, 0.25) is 0 Å². The van der Waals surface area contributed by atoms with Gasteiger partial charge >= 0.3 is 5.97 Å². The molecule has 0 aromatic carbocycles. The number of ether oxygens (including phenoxy) is 2. The molecule has 0 aliphatic carbocycles. The molecule has 8 heteroatoms. The molecule has 2 heterocycles. The number of hydrogen-bond acceptors (Lipinski definition) is 8. The van der Waals surface area contributed by atoms with Gasteiger partial charge in [-0.3, -0.25) is 9.59 Å². The van der Waals surface area contributed by atoms with Crippen LogP contribution in [0.25, 0.3) is 6.08 Å². The lowest BCUT2D eigenvalue weighted by molar-refractivity contribution is -0.155. The number of Topliss-reactive ketones (excluding diaryl/α,β-unsaturated/α-hetero) is 1. The van der Waals surface area contributed by atoms with Crippen molar-refractivity contribution in [2.45, 2.75) is 98.6 Å². The summed E-state index contributed by atoms with van der Waals surface area (Å²) in [5.74, 6) is -1.19. The molecule has 0 saturated heterocycles. The number of nitrogens with zero attached hydrogens (tertiary/aromatic N) is 1. The van der Waals surface area contributed by atoms with Crippen molar-refractivity contribution in [1.29, 1.82) is 0 Å². The third kappa shape index (κ3) is 8.76. The van der Waals surface area contributed by atoms with Crippen LogP contribution in [0.15, 0.2) is 40.1 Å². The van der Waals surface area contributed by atoms with Crippen LogP contribution in [0, 0.1) is 18.3 Å². The summed E-state index contributed by atoms with van der Waals surface area (Å²) in [6.07, 6.45) is 6.45. The van der Waals surface area contributed by atoms with E-state index in [4.69, 9.17) is 13.9 Å². The number of aromatic nitrogens is 1. The molecule has 0 radical (unpaired) electrons. The molecule has 8 nitrogen and oxygen atoms in total. The molecule has 2 rings (SSSR count). The van der Waals surface area contributed by atoms with Crippen LogP contribution in [0.1, 0.15) is 78.8 Å². The van der Waals surface area contributed by atoms with Crippen LogP contribution in [0.2, 0.25) is 0 Å². The molecule has 2 N–H and O–H groups in total. The lowest BCUT2D eigenvalue weighted by Crippen LogP contribution is -2.48. The summed E-state index contributed by atoms with van der Waals surface area (Å²) in [4.78, 5) is 30.8. The molecule has 1 aromatic heterocycles. The molecule has 0 spiro atoms. The number of aryl methyl sites for hydroxylation is 1. The van der Waals surface area contributed by atoms with Gasteiger partial charge in [-0.15, -0.1) is 0 Å². The second-order valence-electron chi connectivity index (χ2n) is 10.5. The number of carbonyl (C=O) groups excluding carboxylic acids is 2. The van der Waals surface area contributed by atoms with Crippen molar-refractivity contribution in [3.63, 3.8) is 0 Å². The second-order valence-corrected chi connectivity index (χ2v) is 10.5. The molecule has 5 atom stereocenters. The highest BCUT2D eigenvalue weighted by molar-refractivity contribution is 5.88. The van der Waals surface area contributed by atoms with E-state index in [1.54, 1.807) is 33.8 Å². The third-order valence-corrected chi connectivity index (χ3v) is 7.04. The van der Waals surface area contributed by atoms with Gasteiger partial charge in [-0.25, -0.2) is 4.98 Å². The summed E-state index contributed by atoms with van der Waals surface area (Å²) in [5, 5.41) is 22.0. The lowest BCUT2D eigenvalue weighted by Gasteiger charge is -2.35. The Morgan fingerprint density at radius 1 is 1.24 bits per heavy atom. The maximum atomic E-state index is 13.6. The maximum Gasteiger partial charge on any atom is 0.309 e. The normalized spacial score (nSPS) is 30.7. The first-order valence-corrected chi connectivity index (χ1v) is 12.9. The van der Waals surface area contributed by atoms with Crippen molar-refractivity contribution in [3.05, 3.63) is 47.2 Å². The van der Waals surface area contributed by atoms with Gasteiger partial charge in [0, 0.05) is 13.3 Å². The monoisotopic (exact) mass is 517 g/mol. The van der Waals surface area contributed by atoms with Crippen molar-refractivity contribution >= 4 is 17.8 Å². The molecule has 0 saturated carbocycles. The lowest BCUT2D eigenvalue weighted by atomic mass is 9.72. The van der Waals surface area contributed by atoms with Crippen molar-refractivity contribution in [2.24, 2.45) is 11.3 Å². The number of cyclic esters (lactones) is 1. The minimum atomic E-state index is -1.29. The fraction of sp³-hybridized carbons (Fsp3) is 0.621. The predicted molar refractivity (Wildman–Crippen MR) is 142 cm³/mol. The van der Waals surface area contributed by atoms with E-state index in [0.717, 1.165) is 11.1 Å². The van der Waals surface area contributed by atoms with E-state index in [0.29, 0.717) is 37.5 Å². The predicted octanol–water partition coefficient (Wildman–Crippen LogP) is 4.73. The van der Waals surface area contributed by atoms with Gasteiger partial charge in [0.25, 0.3) is 0 Å². The number of allylic oxidation sites excluding steroid dienone is 2. The number of hydrogen-bond donors (Lipinski definition) is 2. The molecular weight excluding hydrogens is 474 g/mol. The van der Waals surface area contributed by atoms with E-state index < -0.39 is 41.7 Å². The first-order chi connectivity index (χ1) is 17.4. The van der Waals surface area contributed by atoms with Gasteiger partial charge in [0.05, 0.1) is 42.7 Å². The van der Waals surface area contributed by atoms with Crippen molar-refractivity contribution in [3.8, 4) is 0 Å². The Morgan fingerprint density at radius 2 is 1.95 bits per heavy atom. The number of aliphatic hydroxyl groups is 2. The Bertz CT molecular complexity index is 1000. The number of carbonyl (C=O) groups is 2. The summed E-state index contributed by atoms with van der Waals surface area (Å²) < 4.78 is 17.0. The van der Waals surface area contributed by atoms with Crippen molar-refractivity contribution < 1.29 is 33.7 Å². The van der Waals surface area contributed by atoms with Crippen LogP contribution in [0.3, 0.4) is 0 Å². The van der Waals surface area contributed by atoms with E-state index in [2.05, 4.69) is 4.98 Å². The molecule has 0 unspecified atom stereocenters. The van der Waals surface area contributed by atoms with Crippen molar-refractivity contribution in [1.82, 2.24) is 4.98 Å². The molecule has 0 amide bonds. The highest BCUT2D eigenvalue weighted by Crippen LogP contribution is 2.33. The molecular formula is C29H43NO7.